The summed E-state index contributed by atoms with van der Waals surface area (Å²) in [4.78, 5) is 32.6. The Morgan fingerprint density at radius 2 is 1.94 bits per heavy atom. The lowest BCUT2D eigenvalue weighted by atomic mass is 10.0. The summed E-state index contributed by atoms with van der Waals surface area (Å²) >= 11 is 3.12. The molecule has 7 nitrogen and oxygen atoms in total. The van der Waals surface area contributed by atoms with Gasteiger partial charge in [-0.3, -0.25) is 9.59 Å². The van der Waals surface area contributed by atoms with Gasteiger partial charge < -0.3 is 19.7 Å². The number of amides is 2. The van der Waals surface area contributed by atoms with Crippen molar-refractivity contribution in [3.05, 3.63) is 59.0 Å². The standard InChI is InChI=1S/C25H23N3O4S2/c1-15(29)28-11-10-18-21(13-28)34-25(23(18)24-26-19-8-3-4-9-20(19)33-24)27-22(30)14-32-17-7-5-6-16(12-17)31-2/h3-9,12H,10-11,13-14H2,1-2H3,(H,27,30). The molecule has 2 amide bonds. The Morgan fingerprint density at radius 3 is 2.74 bits per heavy atom. The Kier molecular flexibility index (Phi) is 6.21. The molecule has 2 aromatic carbocycles. The van der Waals surface area contributed by atoms with Gasteiger partial charge in [0.2, 0.25) is 5.91 Å². The van der Waals surface area contributed by atoms with Crippen molar-refractivity contribution < 1.29 is 19.1 Å². The zero-order valence-electron chi connectivity index (χ0n) is 18.8. The van der Waals surface area contributed by atoms with Crippen molar-refractivity contribution in [2.45, 2.75) is 19.9 Å². The van der Waals surface area contributed by atoms with E-state index >= 15 is 0 Å². The molecule has 1 aliphatic heterocycles. The normalized spacial score (nSPS) is 12.9. The van der Waals surface area contributed by atoms with Crippen LogP contribution in [0.4, 0.5) is 5.00 Å². The second-order valence-corrected chi connectivity index (χ2v) is 10.0. The minimum atomic E-state index is -0.257. The summed E-state index contributed by atoms with van der Waals surface area (Å²) in [5, 5.41) is 4.66. The predicted octanol–water partition coefficient (Wildman–Crippen LogP) is 4.96. The number of fused-ring (bicyclic) bond motifs is 2. The number of aromatic nitrogens is 1. The number of hydrogen-bond donors (Lipinski definition) is 1. The van der Waals surface area contributed by atoms with Gasteiger partial charge in [0.15, 0.2) is 6.61 Å². The number of benzene rings is 2. The van der Waals surface area contributed by atoms with Gasteiger partial charge in [-0.25, -0.2) is 4.98 Å². The third-order valence-electron chi connectivity index (χ3n) is 5.67. The maximum atomic E-state index is 12.8. The number of nitrogens with zero attached hydrogens (tertiary/aromatic N) is 2. The monoisotopic (exact) mass is 493 g/mol. The van der Waals surface area contributed by atoms with Crippen LogP contribution in [0.5, 0.6) is 11.5 Å². The number of carbonyl (C=O) groups is 2. The molecule has 0 saturated carbocycles. The van der Waals surface area contributed by atoms with E-state index in [4.69, 9.17) is 14.5 Å². The van der Waals surface area contributed by atoms with Crippen molar-refractivity contribution in [3.63, 3.8) is 0 Å². The number of thiophene rings is 1. The van der Waals surface area contributed by atoms with Gasteiger partial charge in [0.1, 0.15) is 21.5 Å². The van der Waals surface area contributed by atoms with Gasteiger partial charge in [-0.2, -0.15) is 0 Å². The van der Waals surface area contributed by atoms with E-state index in [0.717, 1.165) is 42.7 Å². The lowest BCUT2D eigenvalue weighted by Gasteiger charge is -2.26. The van der Waals surface area contributed by atoms with Gasteiger partial charge in [-0.05, 0) is 36.2 Å². The van der Waals surface area contributed by atoms with E-state index in [1.165, 1.54) is 11.3 Å². The maximum Gasteiger partial charge on any atom is 0.262 e. The molecule has 1 aliphatic rings. The van der Waals surface area contributed by atoms with Crippen LogP contribution in [-0.2, 0) is 22.6 Å². The highest BCUT2D eigenvalue weighted by Gasteiger charge is 2.28. The Bertz CT molecular complexity index is 1340. The zero-order valence-corrected chi connectivity index (χ0v) is 20.4. The molecule has 1 N–H and O–H groups in total. The number of methoxy groups -OCH3 is 1. The fourth-order valence-corrected chi connectivity index (χ4v) is 6.36. The molecule has 4 aromatic rings. The molecular formula is C25H23N3O4S2. The SMILES string of the molecule is COc1cccc(OCC(=O)Nc2sc3c(c2-c2nc4ccccc4s2)CCN(C(C)=O)C3)c1. The van der Waals surface area contributed by atoms with Gasteiger partial charge in [0.05, 0.1) is 23.9 Å². The van der Waals surface area contributed by atoms with Crippen LogP contribution in [0.1, 0.15) is 17.4 Å². The molecule has 0 saturated heterocycles. The molecule has 0 aliphatic carbocycles. The maximum absolute atomic E-state index is 12.8. The highest BCUT2D eigenvalue weighted by atomic mass is 32.1. The average molecular weight is 494 g/mol. The molecule has 0 spiro atoms. The van der Waals surface area contributed by atoms with E-state index in [-0.39, 0.29) is 18.4 Å². The first-order valence-corrected chi connectivity index (χ1v) is 12.5. The number of para-hydroxylation sites is 1. The van der Waals surface area contributed by atoms with Crippen molar-refractivity contribution in [3.8, 4) is 22.1 Å². The number of carbonyl (C=O) groups excluding carboxylic acids is 2. The van der Waals surface area contributed by atoms with Crippen LogP contribution in [0.25, 0.3) is 20.8 Å². The van der Waals surface area contributed by atoms with E-state index in [9.17, 15) is 9.59 Å². The topological polar surface area (TPSA) is 80.8 Å². The Morgan fingerprint density at radius 1 is 1.12 bits per heavy atom. The largest absolute Gasteiger partial charge is 0.497 e. The van der Waals surface area contributed by atoms with Crippen molar-refractivity contribution in [1.29, 1.82) is 0 Å². The molecular weight excluding hydrogens is 470 g/mol. The molecule has 34 heavy (non-hydrogen) atoms. The summed E-state index contributed by atoms with van der Waals surface area (Å²) in [6.07, 6.45) is 0.729. The van der Waals surface area contributed by atoms with E-state index in [0.29, 0.717) is 24.6 Å². The Hall–Kier alpha value is -3.43. The second kappa shape index (κ2) is 9.44. The van der Waals surface area contributed by atoms with Gasteiger partial charge in [0.25, 0.3) is 5.91 Å². The van der Waals surface area contributed by atoms with Crippen LogP contribution in [-0.4, -0.2) is 42.0 Å². The summed E-state index contributed by atoms with van der Waals surface area (Å²) in [6.45, 7) is 2.66. The molecule has 0 bridgehead atoms. The number of hydrogen-bond acceptors (Lipinski definition) is 7. The van der Waals surface area contributed by atoms with Crippen LogP contribution in [0, 0.1) is 0 Å². The fraction of sp³-hybridized carbons (Fsp3) is 0.240. The van der Waals surface area contributed by atoms with Gasteiger partial charge in [-0.1, -0.05) is 18.2 Å². The predicted molar refractivity (Wildman–Crippen MR) is 135 cm³/mol. The molecule has 0 radical (unpaired) electrons. The summed E-state index contributed by atoms with van der Waals surface area (Å²) in [7, 11) is 1.58. The minimum absolute atomic E-state index is 0.0536. The molecule has 0 unspecified atom stereocenters. The quantitative estimate of drug-likeness (QED) is 0.411. The van der Waals surface area contributed by atoms with Crippen molar-refractivity contribution in [2.75, 3.05) is 25.6 Å². The highest BCUT2D eigenvalue weighted by molar-refractivity contribution is 7.22. The summed E-state index contributed by atoms with van der Waals surface area (Å²) < 4.78 is 12.0. The van der Waals surface area contributed by atoms with Crippen molar-refractivity contribution >= 4 is 49.7 Å². The first-order valence-electron chi connectivity index (χ1n) is 10.8. The number of nitrogens with one attached hydrogen (secondary N) is 1. The third-order valence-corrected chi connectivity index (χ3v) is 7.86. The van der Waals surface area contributed by atoms with Crippen molar-refractivity contribution in [2.24, 2.45) is 0 Å². The van der Waals surface area contributed by atoms with Gasteiger partial charge in [-0.15, -0.1) is 22.7 Å². The molecule has 5 rings (SSSR count). The second-order valence-electron chi connectivity index (χ2n) is 7.90. The lowest BCUT2D eigenvalue weighted by Crippen LogP contribution is -2.33. The van der Waals surface area contributed by atoms with Crippen LogP contribution >= 0.6 is 22.7 Å². The number of thiazole rings is 1. The molecule has 0 fully saturated rings. The van der Waals surface area contributed by atoms with E-state index < -0.39 is 0 Å². The number of ether oxygens (including phenoxy) is 2. The molecule has 0 atom stereocenters. The van der Waals surface area contributed by atoms with E-state index in [1.807, 2.05) is 41.3 Å². The highest BCUT2D eigenvalue weighted by Crippen LogP contribution is 2.45. The molecule has 174 valence electrons. The smallest absolute Gasteiger partial charge is 0.262 e. The molecule has 9 heteroatoms. The van der Waals surface area contributed by atoms with E-state index in [2.05, 4.69) is 5.32 Å². The first-order chi connectivity index (χ1) is 16.5. The van der Waals surface area contributed by atoms with Crippen LogP contribution < -0.4 is 14.8 Å². The minimum Gasteiger partial charge on any atom is -0.497 e. The van der Waals surface area contributed by atoms with E-state index in [1.54, 1.807) is 37.5 Å². The summed E-state index contributed by atoms with van der Waals surface area (Å²) in [6, 6.07) is 15.2. The van der Waals surface area contributed by atoms with Crippen LogP contribution in [0.3, 0.4) is 0 Å². The zero-order chi connectivity index (χ0) is 23.7. The van der Waals surface area contributed by atoms with Crippen molar-refractivity contribution in [1.82, 2.24) is 9.88 Å². The number of rotatable bonds is 6. The van der Waals surface area contributed by atoms with Gasteiger partial charge in [0, 0.05) is 30.0 Å². The average Bonchev–Trinajstić information content (AvgIpc) is 3.42. The fourth-order valence-electron chi connectivity index (χ4n) is 3.97. The first kappa shape index (κ1) is 22.4. The van der Waals surface area contributed by atoms with Crippen LogP contribution in [0.15, 0.2) is 48.5 Å². The molecule has 2 aromatic heterocycles. The Labute approximate surface area is 205 Å². The Balaban J connectivity index is 1.43. The number of anilines is 1. The summed E-state index contributed by atoms with van der Waals surface area (Å²) in [5.74, 6) is 1.02. The summed E-state index contributed by atoms with van der Waals surface area (Å²) in [5.41, 5.74) is 3.05. The lowest BCUT2D eigenvalue weighted by molar-refractivity contribution is -0.129. The third kappa shape index (κ3) is 4.49. The molecule has 3 heterocycles. The van der Waals surface area contributed by atoms with Gasteiger partial charge >= 0.3 is 0 Å². The van der Waals surface area contributed by atoms with Crippen LogP contribution in [0.2, 0.25) is 0 Å².